The standard InChI is InChI=1S/C16H18N2O2/c1-13(14-7-10-19-12-14)18-15-5-4-6-16(11-15)20-9-3-2-8-17/h4-7,10-13,18H,2-3,9H2,1H3. The molecule has 1 aromatic heterocycles. The van der Waals surface area contributed by atoms with Gasteiger partial charge in [0.2, 0.25) is 0 Å². The molecule has 4 heteroatoms. The van der Waals surface area contributed by atoms with Gasteiger partial charge < -0.3 is 14.5 Å². The molecule has 1 heterocycles. The molecule has 1 unspecified atom stereocenters. The fraction of sp³-hybridized carbons (Fsp3) is 0.312. The van der Waals surface area contributed by atoms with Gasteiger partial charge in [-0.05, 0) is 31.5 Å². The van der Waals surface area contributed by atoms with Crippen LogP contribution in [0.15, 0.2) is 47.3 Å². The molecule has 104 valence electrons. The molecule has 0 amide bonds. The fourth-order valence-corrected chi connectivity index (χ4v) is 1.87. The van der Waals surface area contributed by atoms with E-state index >= 15 is 0 Å². The van der Waals surface area contributed by atoms with Crippen molar-refractivity contribution in [3.05, 3.63) is 48.4 Å². The van der Waals surface area contributed by atoms with E-state index in [1.54, 1.807) is 12.5 Å². The highest BCUT2D eigenvalue weighted by Gasteiger charge is 2.06. The molecule has 0 bridgehead atoms. The number of unbranched alkanes of at least 4 members (excludes halogenated alkanes) is 1. The van der Waals surface area contributed by atoms with E-state index in [0.29, 0.717) is 13.0 Å². The highest BCUT2D eigenvalue weighted by atomic mass is 16.5. The summed E-state index contributed by atoms with van der Waals surface area (Å²) in [6.07, 6.45) is 4.68. The van der Waals surface area contributed by atoms with Crippen LogP contribution in [0.25, 0.3) is 0 Å². The van der Waals surface area contributed by atoms with E-state index in [9.17, 15) is 0 Å². The Balaban J connectivity index is 1.91. The van der Waals surface area contributed by atoms with Gasteiger partial charge in [-0.15, -0.1) is 0 Å². The minimum Gasteiger partial charge on any atom is -0.493 e. The van der Waals surface area contributed by atoms with Crippen LogP contribution < -0.4 is 10.1 Å². The highest BCUT2D eigenvalue weighted by Crippen LogP contribution is 2.23. The number of hydrogen-bond acceptors (Lipinski definition) is 4. The summed E-state index contributed by atoms with van der Waals surface area (Å²) >= 11 is 0. The SMILES string of the molecule is CC(Nc1cccc(OCCCC#N)c1)c1ccoc1. The Labute approximate surface area is 119 Å². The minimum atomic E-state index is 0.169. The maximum Gasteiger partial charge on any atom is 0.121 e. The molecule has 0 spiro atoms. The number of rotatable bonds is 7. The van der Waals surface area contributed by atoms with Crippen molar-refractivity contribution in [2.24, 2.45) is 0 Å². The van der Waals surface area contributed by atoms with E-state index in [1.807, 2.05) is 30.3 Å². The molecule has 0 aliphatic heterocycles. The van der Waals surface area contributed by atoms with Crippen LogP contribution in [-0.4, -0.2) is 6.61 Å². The fourth-order valence-electron chi connectivity index (χ4n) is 1.87. The molecule has 4 nitrogen and oxygen atoms in total. The van der Waals surface area contributed by atoms with Gasteiger partial charge in [0.25, 0.3) is 0 Å². The molecule has 1 atom stereocenters. The van der Waals surface area contributed by atoms with Crippen molar-refractivity contribution in [2.45, 2.75) is 25.8 Å². The minimum absolute atomic E-state index is 0.169. The number of ether oxygens (including phenoxy) is 1. The average Bonchev–Trinajstić information content (AvgIpc) is 2.98. The number of nitrogens with one attached hydrogen (secondary N) is 1. The summed E-state index contributed by atoms with van der Waals surface area (Å²) in [6, 6.07) is 12.0. The molecule has 2 rings (SSSR count). The number of hydrogen-bond donors (Lipinski definition) is 1. The Morgan fingerprint density at radius 2 is 2.30 bits per heavy atom. The highest BCUT2D eigenvalue weighted by molar-refractivity contribution is 5.49. The number of furan rings is 1. The molecule has 0 aliphatic carbocycles. The Morgan fingerprint density at radius 3 is 3.05 bits per heavy atom. The second-order valence-corrected chi connectivity index (χ2v) is 4.56. The van der Waals surface area contributed by atoms with Gasteiger partial charge in [-0.1, -0.05) is 6.07 Å². The third-order valence-corrected chi connectivity index (χ3v) is 2.96. The first kappa shape index (κ1) is 14.0. The second-order valence-electron chi connectivity index (χ2n) is 4.56. The summed E-state index contributed by atoms with van der Waals surface area (Å²) < 4.78 is 10.7. The maximum atomic E-state index is 8.47. The van der Waals surface area contributed by atoms with Gasteiger partial charge in [0.05, 0.1) is 31.2 Å². The van der Waals surface area contributed by atoms with Crippen LogP contribution in [0, 0.1) is 11.3 Å². The molecular weight excluding hydrogens is 252 g/mol. The van der Waals surface area contributed by atoms with E-state index < -0.39 is 0 Å². The van der Waals surface area contributed by atoms with E-state index in [2.05, 4.69) is 18.3 Å². The molecule has 0 fully saturated rings. The quantitative estimate of drug-likeness (QED) is 0.768. The lowest BCUT2D eigenvalue weighted by Gasteiger charge is -2.14. The summed E-state index contributed by atoms with van der Waals surface area (Å²) in [5.74, 6) is 0.812. The van der Waals surface area contributed by atoms with Gasteiger partial charge in [-0.2, -0.15) is 5.26 Å². The predicted molar refractivity (Wildman–Crippen MR) is 77.5 cm³/mol. The van der Waals surface area contributed by atoms with Crippen LogP contribution in [0.3, 0.4) is 0 Å². The monoisotopic (exact) mass is 270 g/mol. The molecule has 0 radical (unpaired) electrons. The van der Waals surface area contributed by atoms with Crippen LogP contribution in [0.5, 0.6) is 5.75 Å². The summed E-state index contributed by atoms with van der Waals surface area (Å²) in [5, 5.41) is 11.9. The second kappa shape index (κ2) is 7.25. The Kier molecular flexibility index (Phi) is 5.08. The molecule has 0 saturated carbocycles. The van der Waals surface area contributed by atoms with Crippen molar-refractivity contribution in [3.8, 4) is 11.8 Å². The maximum absolute atomic E-state index is 8.47. The molecule has 20 heavy (non-hydrogen) atoms. The first-order valence-electron chi connectivity index (χ1n) is 6.68. The molecule has 1 aromatic carbocycles. The average molecular weight is 270 g/mol. The van der Waals surface area contributed by atoms with E-state index in [4.69, 9.17) is 14.4 Å². The van der Waals surface area contributed by atoms with Crippen molar-refractivity contribution in [1.82, 2.24) is 0 Å². The summed E-state index contributed by atoms with van der Waals surface area (Å²) in [6.45, 7) is 2.64. The Hall–Kier alpha value is -2.41. The van der Waals surface area contributed by atoms with Gasteiger partial charge in [-0.3, -0.25) is 0 Å². The van der Waals surface area contributed by atoms with Crippen molar-refractivity contribution >= 4 is 5.69 Å². The lowest BCUT2D eigenvalue weighted by atomic mass is 10.1. The zero-order valence-corrected chi connectivity index (χ0v) is 11.5. The molecule has 0 saturated heterocycles. The smallest absolute Gasteiger partial charge is 0.121 e. The normalized spacial score (nSPS) is 11.6. The summed E-state index contributed by atoms with van der Waals surface area (Å²) in [5.41, 5.74) is 2.10. The van der Waals surface area contributed by atoms with Crippen molar-refractivity contribution in [2.75, 3.05) is 11.9 Å². The number of anilines is 1. The van der Waals surface area contributed by atoms with Gasteiger partial charge >= 0.3 is 0 Å². The third kappa shape index (κ3) is 4.06. The Morgan fingerprint density at radius 1 is 1.40 bits per heavy atom. The zero-order chi connectivity index (χ0) is 14.2. The van der Waals surface area contributed by atoms with E-state index in [-0.39, 0.29) is 6.04 Å². The van der Waals surface area contributed by atoms with Crippen LogP contribution in [0.2, 0.25) is 0 Å². The van der Waals surface area contributed by atoms with Crippen LogP contribution in [0.4, 0.5) is 5.69 Å². The molecular formula is C16H18N2O2. The topological polar surface area (TPSA) is 58.2 Å². The van der Waals surface area contributed by atoms with Gasteiger partial charge in [-0.25, -0.2) is 0 Å². The lowest BCUT2D eigenvalue weighted by Crippen LogP contribution is -2.05. The van der Waals surface area contributed by atoms with Crippen LogP contribution in [-0.2, 0) is 0 Å². The van der Waals surface area contributed by atoms with Gasteiger partial charge in [0.15, 0.2) is 0 Å². The van der Waals surface area contributed by atoms with Crippen LogP contribution >= 0.6 is 0 Å². The first-order chi connectivity index (χ1) is 9.79. The summed E-state index contributed by atoms with van der Waals surface area (Å²) in [7, 11) is 0. The van der Waals surface area contributed by atoms with E-state index in [0.717, 1.165) is 23.4 Å². The largest absolute Gasteiger partial charge is 0.493 e. The van der Waals surface area contributed by atoms with Crippen molar-refractivity contribution in [1.29, 1.82) is 5.26 Å². The molecule has 1 N–H and O–H groups in total. The zero-order valence-electron chi connectivity index (χ0n) is 11.5. The van der Waals surface area contributed by atoms with Crippen molar-refractivity contribution in [3.63, 3.8) is 0 Å². The molecule has 2 aromatic rings. The number of nitriles is 1. The number of benzene rings is 1. The van der Waals surface area contributed by atoms with Crippen LogP contribution in [0.1, 0.15) is 31.4 Å². The van der Waals surface area contributed by atoms with E-state index in [1.165, 1.54) is 0 Å². The van der Waals surface area contributed by atoms with Gasteiger partial charge in [0, 0.05) is 23.7 Å². The first-order valence-corrected chi connectivity index (χ1v) is 6.68. The van der Waals surface area contributed by atoms with Gasteiger partial charge in [0.1, 0.15) is 5.75 Å². The van der Waals surface area contributed by atoms with Crippen molar-refractivity contribution < 1.29 is 9.15 Å². The molecule has 0 aliphatic rings. The number of nitrogens with zero attached hydrogens (tertiary/aromatic N) is 1. The summed E-state index contributed by atoms with van der Waals surface area (Å²) in [4.78, 5) is 0. The Bertz CT molecular complexity index is 558. The predicted octanol–water partition coefficient (Wildman–Crippen LogP) is 4.14. The lowest BCUT2D eigenvalue weighted by molar-refractivity contribution is 0.313. The third-order valence-electron chi connectivity index (χ3n) is 2.96.